The number of amides is 2. The fourth-order valence-corrected chi connectivity index (χ4v) is 5.44. The first-order chi connectivity index (χ1) is 15.4. The lowest BCUT2D eigenvalue weighted by Gasteiger charge is -2.26. The Bertz CT molecular complexity index is 1120. The van der Waals surface area contributed by atoms with E-state index in [1.165, 1.54) is 16.4 Å². The molecule has 2 saturated heterocycles. The summed E-state index contributed by atoms with van der Waals surface area (Å²) in [6.07, 6.45) is 1.95. The summed E-state index contributed by atoms with van der Waals surface area (Å²) in [5, 5.41) is 2.82. The third-order valence-corrected chi connectivity index (χ3v) is 7.76. The molecule has 2 heterocycles. The van der Waals surface area contributed by atoms with E-state index in [0.717, 1.165) is 12.8 Å². The molecule has 0 saturated carbocycles. The van der Waals surface area contributed by atoms with Crippen LogP contribution in [0.5, 0.6) is 0 Å². The van der Waals surface area contributed by atoms with Gasteiger partial charge in [0.1, 0.15) is 0 Å². The third-order valence-electron chi connectivity index (χ3n) is 5.86. The number of aryl methyl sites for hydroxylation is 1. The molecule has 2 aromatic rings. The summed E-state index contributed by atoms with van der Waals surface area (Å²) in [4.78, 5) is 27.9. The monoisotopic (exact) mass is 457 g/mol. The molecule has 0 radical (unpaired) electrons. The number of nitrogens with one attached hydrogen (secondary N) is 1. The highest BCUT2D eigenvalue weighted by Crippen LogP contribution is 2.24. The highest BCUT2D eigenvalue weighted by molar-refractivity contribution is 7.89. The molecule has 0 bridgehead atoms. The Kier molecular flexibility index (Phi) is 6.59. The molecule has 0 spiro atoms. The molecular formula is C23H27N3O5S. The number of sulfonamides is 1. The van der Waals surface area contributed by atoms with Crippen LogP contribution in [0.2, 0.25) is 0 Å². The molecule has 0 atom stereocenters. The van der Waals surface area contributed by atoms with E-state index in [-0.39, 0.29) is 29.5 Å². The van der Waals surface area contributed by atoms with Crippen LogP contribution in [-0.4, -0.2) is 68.8 Å². The summed E-state index contributed by atoms with van der Waals surface area (Å²) in [5.41, 5.74) is 1.74. The molecule has 2 aliphatic rings. The molecule has 170 valence electrons. The van der Waals surface area contributed by atoms with Gasteiger partial charge in [0.2, 0.25) is 10.0 Å². The van der Waals surface area contributed by atoms with Crippen molar-refractivity contribution in [2.45, 2.75) is 24.7 Å². The van der Waals surface area contributed by atoms with Gasteiger partial charge in [-0.15, -0.1) is 0 Å². The third kappa shape index (κ3) is 4.55. The summed E-state index contributed by atoms with van der Waals surface area (Å²) in [5.74, 6) is -0.568. The van der Waals surface area contributed by atoms with E-state index in [1.807, 2.05) is 0 Å². The predicted octanol–water partition coefficient (Wildman–Crippen LogP) is 2.50. The highest BCUT2D eigenvalue weighted by atomic mass is 32.2. The van der Waals surface area contributed by atoms with Gasteiger partial charge in [-0.3, -0.25) is 9.59 Å². The summed E-state index contributed by atoms with van der Waals surface area (Å²) in [6, 6.07) is 11.4. The Balaban J connectivity index is 1.59. The maximum absolute atomic E-state index is 13.1. The van der Waals surface area contributed by atoms with Crippen molar-refractivity contribution in [1.82, 2.24) is 9.21 Å². The number of nitrogens with zero attached hydrogens (tertiary/aromatic N) is 2. The lowest BCUT2D eigenvalue weighted by molar-refractivity contribution is 0.0730. The van der Waals surface area contributed by atoms with Gasteiger partial charge in [0, 0.05) is 31.7 Å². The molecule has 2 aromatic carbocycles. The second-order valence-electron chi connectivity index (χ2n) is 7.99. The summed E-state index contributed by atoms with van der Waals surface area (Å²) in [6.45, 7) is 4.43. The van der Waals surface area contributed by atoms with E-state index >= 15 is 0 Å². The second-order valence-corrected chi connectivity index (χ2v) is 9.93. The van der Waals surface area contributed by atoms with Gasteiger partial charge in [0.25, 0.3) is 11.8 Å². The minimum Gasteiger partial charge on any atom is -0.379 e. The minimum atomic E-state index is -3.73. The molecule has 32 heavy (non-hydrogen) atoms. The van der Waals surface area contributed by atoms with Gasteiger partial charge < -0.3 is 15.0 Å². The van der Waals surface area contributed by atoms with Gasteiger partial charge in [0.15, 0.2) is 0 Å². The SMILES string of the molecule is Cc1ccc(S(=O)(=O)N2CCOCC2)cc1C(=O)Nc1ccccc1C(=O)N1CCCC1. The van der Waals surface area contributed by atoms with Crippen molar-refractivity contribution in [3.8, 4) is 0 Å². The zero-order chi connectivity index (χ0) is 22.7. The number of rotatable bonds is 5. The van der Waals surface area contributed by atoms with Crippen molar-refractivity contribution >= 4 is 27.5 Å². The van der Waals surface area contributed by atoms with Crippen molar-refractivity contribution < 1.29 is 22.7 Å². The Hall–Kier alpha value is -2.75. The molecule has 0 aromatic heterocycles. The first kappa shape index (κ1) is 22.4. The first-order valence-corrected chi connectivity index (χ1v) is 12.2. The van der Waals surface area contributed by atoms with E-state index in [0.29, 0.717) is 43.1 Å². The number of likely N-dealkylation sites (tertiary alicyclic amines) is 1. The van der Waals surface area contributed by atoms with Gasteiger partial charge in [-0.2, -0.15) is 4.31 Å². The van der Waals surface area contributed by atoms with Crippen LogP contribution < -0.4 is 5.32 Å². The van der Waals surface area contributed by atoms with Crippen LogP contribution >= 0.6 is 0 Å². The zero-order valence-corrected chi connectivity index (χ0v) is 18.9. The minimum absolute atomic E-state index is 0.0663. The van der Waals surface area contributed by atoms with Crippen LogP contribution in [0.25, 0.3) is 0 Å². The lowest BCUT2D eigenvalue weighted by atomic mass is 10.1. The molecular weight excluding hydrogens is 430 g/mol. The number of anilines is 1. The van der Waals surface area contributed by atoms with Crippen molar-refractivity contribution in [3.63, 3.8) is 0 Å². The summed E-state index contributed by atoms with van der Waals surface area (Å²) in [7, 11) is -3.73. The van der Waals surface area contributed by atoms with Gasteiger partial charge in [-0.05, 0) is 49.6 Å². The molecule has 2 aliphatic heterocycles. The molecule has 2 fully saturated rings. The number of benzene rings is 2. The molecule has 1 N–H and O–H groups in total. The van der Waals surface area contributed by atoms with E-state index in [1.54, 1.807) is 42.2 Å². The van der Waals surface area contributed by atoms with Gasteiger partial charge in [0.05, 0.1) is 29.4 Å². The maximum atomic E-state index is 13.1. The smallest absolute Gasteiger partial charge is 0.255 e. The molecule has 0 aliphatic carbocycles. The molecule has 0 unspecified atom stereocenters. The van der Waals surface area contributed by atoms with Crippen molar-refractivity contribution in [2.24, 2.45) is 0 Å². The average Bonchev–Trinajstić information content (AvgIpc) is 3.35. The maximum Gasteiger partial charge on any atom is 0.255 e. The second kappa shape index (κ2) is 9.40. The van der Waals surface area contributed by atoms with Crippen LogP contribution in [-0.2, 0) is 14.8 Å². The van der Waals surface area contributed by atoms with Crippen molar-refractivity contribution in [2.75, 3.05) is 44.7 Å². The number of ether oxygens (including phenoxy) is 1. The largest absolute Gasteiger partial charge is 0.379 e. The van der Waals surface area contributed by atoms with Crippen LogP contribution in [0.4, 0.5) is 5.69 Å². The van der Waals surface area contributed by atoms with Crippen molar-refractivity contribution in [1.29, 1.82) is 0 Å². The normalized spacial score (nSPS) is 17.3. The number of carbonyl (C=O) groups is 2. The van der Waals surface area contributed by atoms with E-state index in [4.69, 9.17) is 4.74 Å². The van der Waals surface area contributed by atoms with Crippen LogP contribution in [0.3, 0.4) is 0 Å². The Labute approximate surface area is 188 Å². The number of para-hydroxylation sites is 1. The Morgan fingerprint density at radius 3 is 2.34 bits per heavy atom. The molecule has 2 amide bonds. The highest BCUT2D eigenvalue weighted by Gasteiger charge is 2.28. The first-order valence-electron chi connectivity index (χ1n) is 10.8. The van der Waals surface area contributed by atoms with Gasteiger partial charge in [-0.1, -0.05) is 18.2 Å². The van der Waals surface area contributed by atoms with Crippen LogP contribution in [0, 0.1) is 6.92 Å². The topological polar surface area (TPSA) is 96.0 Å². The van der Waals surface area contributed by atoms with Gasteiger partial charge in [-0.25, -0.2) is 8.42 Å². The predicted molar refractivity (Wildman–Crippen MR) is 120 cm³/mol. The molecule has 9 heteroatoms. The van der Waals surface area contributed by atoms with E-state index < -0.39 is 15.9 Å². The van der Waals surface area contributed by atoms with Gasteiger partial charge >= 0.3 is 0 Å². The number of morpholine rings is 1. The fourth-order valence-electron chi connectivity index (χ4n) is 4.00. The summed E-state index contributed by atoms with van der Waals surface area (Å²) >= 11 is 0. The number of hydrogen-bond acceptors (Lipinski definition) is 5. The standard InChI is InChI=1S/C23H27N3O5S/c1-17-8-9-18(32(29,30)26-12-14-31-15-13-26)16-20(17)22(27)24-21-7-3-2-6-19(21)23(28)25-10-4-5-11-25/h2-3,6-9,16H,4-5,10-15H2,1H3,(H,24,27). The number of carbonyl (C=O) groups excluding carboxylic acids is 2. The lowest BCUT2D eigenvalue weighted by Crippen LogP contribution is -2.40. The van der Waals surface area contributed by atoms with E-state index in [9.17, 15) is 18.0 Å². The van der Waals surface area contributed by atoms with Crippen LogP contribution in [0.1, 0.15) is 39.1 Å². The zero-order valence-electron chi connectivity index (χ0n) is 18.0. The fraction of sp³-hybridized carbons (Fsp3) is 0.391. The average molecular weight is 458 g/mol. The Morgan fingerprint density at radius 1 is 0.938 bits per heavy atom. The molecule has 4 rings (SSSR count). The summed E-state index contributed by atoms with van der Waals surface area (Å²) < 4.78 is 32.6. The van der Waals surface area contributed by atoms with Crippen molar-refractivity contribution in [3.05, 3.63) is 59.2 Å². The number of hydrogen-bond donors (Lipinski definition) is 1. The quantitative estimate of drug-likeness (QED) is 0.744. The Morgan fingerprint density at radius 2 is 1.62 bits per heavy atom. The molecule has 8 nitrogen and oxygen atoms in total. The van der Waals surface area contributed by atoms with Crippen LogP contribution in [0.15, 0.2) is 47.4 Å². The van der Waals surface area contributed by atoms with E-state index in [2.05, 4.69) is 5.32 Å².